The van der Waals surface area contributed by atoms with E-state index in [0.717, 1.165) is 6.42 Å². The molecular formula is C5H10O2Pb. The molecule has 0 spiro atoms. The number of rotatable bonds is 3. The van der Waals surface area contributed by atoms with E-state index in [1.807, 2.05) is 0 Å². The molecule has 0 atom stereocenters. The average molecular weight is 309 g/mol. The molecule has 1 saturated heterocycles. The van der Waals surface area contributed by atoms with Gasteiger partial charge in [-0.1, -0.05) is 0 Å². The van der Waals surface area contributed by atoms with Crippen molar-refractivity contribution in [2.75, 3.05) is 0 Å². The van der Waals surface area contributed by atoms with Gasteiger partial charge in [0, 0.05) is 0 Å². The first kappa shape index (κ1) is 6.96. The van der Waals surface area contributed by atoms with E-state index in [0.29, 0.717) is 0 Å². The molecule has 2 radical (unpaired) electrons. The molecule has 1 aliphatic heterocycles. The van der Waals surface area contributed by atoms with Gasteiger partial charge in [-0.2, -0.15) is 0 Å². The summed E-state index contributed by atoms with van der Waals surface area (Å²) < 4.78 is 10.4. The van der Waals surface area contributed by atoms with Crippen LogP contribution in [-0.4, -0.2) is 31.4 Å². The minimum atomic E-state index is -0.862. The van der Waals surface area contributed by atoms with Gasteiger partial charge in [0.2, 0.25) is 0 Å². The first-order valence-corrected chi connectivity index (χ1v) is 6.17. The molecule has 0 aromatic rings. The fraction of sp³-hybridized carbons (Fsp3) is 1.00. The van der Waals surface area contributed by atoms with E-state index in [1.165, 1.54) is 12.8 Å². The minimum absolute atomic E-state index is 0.221. The summed E-state index contributed by atoms with van der Waals surface area (Å²) >= 11 is -0.862. The predicted molar refractivity (Wildman–Crippen MR) is 31.2 cm³/mol. The van der Waals surface area contributed by atoms with Crippen LogP contribution in [0.3, 0.4) is 0 Å². The van der Waals surface area contributed by atoms with Crippen molar-refractivity contribution in [2.45, 2.75) is 32.5 Å². The summed E-state index contributed by atoms with van der Waals surface area (Å²) in [6.45, 7) is 2.18. The molecule has 0 aromatic heterocycles. The van der Waals surface area contributed by atoms with Crippen LogP contribution in [-0.2, 0) is 5.37 Å². The van der Waals surface area contributed by atoms with Crippen molar-refractivity contribution in [2.24, 2.45) is 0 Å². The van der Waals surface area contributed by atoms with Gasteiger partial charge in [-0.25, -0.2) is 0 Å². The first-order chi connectivity index (χ1) is 3.93. The standard InChI is InChI=1S/C5H10O2.Pb/c1-2-3-4-5(6)7;/h5H,2-4H2,1H3;/q-2;+2. The molecule has 1 fully saturated rings. The van der Waals surface area contributed by atoms with E-state index in [9.17, 15) is 0 Å². The van der Waals surface area contributed by atoms with Crippen molar-refractivity contribution in [1.29, 1.82) is 0 Å². The molecule has 8 heavy (non-hydrogen) atoms. The fourth-order valence-corrected chi connectivity index (χ4v) is 2.42. The number of unbranched alkanes of at least 4 members (excludes halogenated alkanes) is 1. The second-order valence-corrected chi connectivity index (χ2v) is 4.37. The quantitative estimate of drug-likeness (QED) is 0.727. The Morgan fingerprint density at radius 1 is 1.50 bits per heavy atom. The summed E-state index contributed by atoms with van der Waals surface area (Å²) in [4.78, 5) is 0. The Kier molecular flexibility index (Phi) is 3.29. The van der Waals surface area contributed by atoms with Gasteiger partial charge in [0.1, 0.15) is 0 Å². The van der Waals surface area contributed by atoms with Crippen LogP contribution in [0.5, 0.6) is 0 Å². The van der Waals surface area contributed by atoms with Crippen molar-refractivity contribution in [1.82, 2.24) is 0 Å². The Morgan fingerprint density at radius 3 is 2.62 bits per heavy atom. The van der Waals surface area contributed by atoms with Crippen molar-refractivity contribution < 1.29 is 5.37 Å². The van der Waals surface area contributed by atoms with E-state index in [4.69, 9.17) is 5.37 Å². The third-order valence-electron chi connectivity index (χ3n) is 1.15. The van der Waals surface area contributed by atoms with Gasteiger partial charge in [0.15, 0.2) is 0 Å². The SMILES string of the molecule is CCCCC1[O][Pb][O]1. The van der Waals surface area contributed by atoms with E-state index < -0.39 is 25.1 Å². The molecule has 1 heterocycles. The van der Waals surface area contributed by atoms with Gasteiger partial charge < -0.3 is 0 Å². The van der Waals surface area contributed by atoms with Crippen molar-refractivity contribution in [3.05, 3.63) is 0 Å². The molecular weight excluding hydrogens is 299 g/mol. The van der Waals surface area contributed by atoms with Crippen LogP contribution in [0, 0.1) is 0 Å². The zero-order chi connectivity index (χ0) is 5.82. The summed E-state index contributed by atoms with van der Waals surface area (Å²) in [5.74, 6) is 0. The van der Waals surface area contributed by atoms with E-state index in [-0.39, 0.29) is 6.29 Å². The summed E-state index contributed by atoms with van der Waals surface area (Å²) in [5.41, 5.74) is 0. The maximum absolute atomic E-state index is 5.20. The van der Waals surface area contributed by atoms with Gasteiger partial charge in [0.05, 0.1) is 0 Å². The van der Waals surface area contributed by atoms with Gasteiger partial charge in [-0.05, 0) is 0 Å². The third kappa shape index (κ3) is 1.99. The van der Waals surface area contributed by atoms with Crippen molar-refractivity contribution in [3.63, 3.8) is 0 Å². The molecule has 1 aliphatic rings. The molecule has 0 aliphatic carbocycles. The molecule has 3 heteroatoms. The Morgan fingerprint density at radius 2 is 2.25 bits per heavy atom. The molecule has 0 aromatic carbocycles. The molecule has 0 amide bonds. The zero-order valence-corrected chi connectivity index (χ0v) is 8.90. The normalized spacial score (nSPS) is 20.6. The average Bonchev–Trinajstić information content (AvgIpc) is 1.63. The third-order valence-corrected chi connectivity index (χ3v) is 3.94. The van der Waals surface area contributed by atoms with Crippen molar-refractivity contribution >= 4 is 25.1 Å². The molecule has 0 saturated carbocycles. The second kappa shape index (κ2) is 3.79. The Bertz CT molecular complexity index is 63.4. The molecule has 2 nitrogen and oxygen atoms in total. The first-order valence-electron chi connectivity index (χ1n) is 3.00. The molecule has 0 bridgehead atoms. The van der Waals surface area contributed by atoms with E-state index in [2.05, 4.69) is 6.92 Å². The van der Waals surface area contributed by atoms with E-state index in [1.54, 1.807) is 0 Å². The molecule has 0 unspecified atom stereocenters. The topological polar surface area (TPSA) is 18.5 Å². The summed E-state index contributed by atoms with van der Waals surface area (Å²) in [5, 5.41) is 0. The van der Waals surface area contributed by atoms with Crippen LogP contribution in [0.1, 0.15) is 26.2 Å². The van der Waals surface area contributed by atoms with Crippen LogP contribution in [0.2, 0.25) is 0 Å². The summed E-state index contributed by atoms with van der Waals surface area (Å²) in [7, 11) is 0. The van der Waals surface area contributed by atoms with Crippen LogP contribution in [0.4, 0.5) is 0 Å². The summed E-state index contributed by atoms with van der Waals surface area (Å²) in [6.07, 6.45) is 3.83. The molecule has 1 rings (SSSR count). The van der Waals surface area contributed by atoms with Crippen LogP contribution in [0.25, 0.3) is 0 Å². The fourth-order valence-electron chi connectivity index (χ4n) is 0.605. The van der Waals surface area contributed by atoms with Crippen molar-refractivity contribution in [3.8, 4) is 0 Å². The van der Waals surface area contributed by atoms with Crippen LogP contribution < -0.4 is 0 Å². The zero-order valence-electron chi connectivity index (χ0n) is 5.02. The van der Waals surface area contributed by atoms with Crippen LogP contribution in [0.15, 0.2) is 0 Å². The monoisotopic (exact) mass is 310 g/mol. The number of hydrogen-bond acceptors (Lipinski definition) is 2. The van der Waals surface area contributed by atoms with Gasteiger partial charge in [-0.3, -0.25) is 0 Å². The van der Waals surface area contributed by atoms with E-state index >= 15 is 0 Å². The molecule has 46 valence electrons. The summed E-state index contributed by atoms with van der Waals surface area (Å²) in [6, 6.07) is 0. The Labute approximate surface area is 63.1 Å². The maximum atomic E-state index is 5.20. The van der Waals surface area contributed by atoms with Gasteiger partial charge >= 0.3 is 63.0 Å². The number of hydrogen-bond donors (Lipinski definition) is 0. The van der Waals surface area contributed by atoms with Gasteiger partial charge in [0.25, 0.3) is 0 Å². The predicted octanol–water partition coefficient (Wildman–Crippen LogP) is 1.08. The molecule has 0 N–H and O–H groups in total. The van der Waals surface area contributed by atoms with Gasteiger partial charge in [-0.15, -0.1) is 0 Å². The van der Waals surface area contributed by atoms with Crippen LogP contribution >= 0.6 is 0 Å². The Hall–Kier alpha value is 0.842. The second-order valence-electron chi connectivity index (χ2n) is 1.89. The Balaban J connectivity index is 1.86.